The average molecular weight is 267 g/mol. The predicted molar refractivity (Wildman–Crippen MR) is 56.3 cm³/mol. The SMILES string of the molecule is COC(=O)C(Br)CNCCNC(C)=O. The Hall–Kier alpha value is -0.620. The Bertz CT molecular complexity index is 199. The number of nitrogens with one attached hydrogen (secondary N) is 2. The van der Waals surface area contributed by atoms with Crippen molar-refractivity contribution in [3.05, 3.63) is 0 Å². The van der Waals surface area contributed by atoms with Crippen molar-refractivity contribution < 1.29 is 14.3 Å². The van der Waals surface area contributed by atoms with E-state index in [1.54, 1.807) is 0 Å². The van der Waals surface area contributed by atoms with Crippen LogP contribution < -0.4 is 10.6 Å². The van der Waals surface area contributed by atoms with Crippen LogP contribution in [-0.2, 0) is 14.3 Å². The highest BCUT2D eigenvalue weighted by atomic mass is 79.9. The van der Waals surface area contributed by atoms with Gasteiger partial charge in [-0.25, -0.2) is 0 Å². The molecule has 0 fully saturated rings. The van der Waals surface area contributed by atoms with E-state index in [4.69, 9.17) is 0 Å². The van der Waals surface area contributed by atoms with Gasteiger partial charge in [-0.15, -0.1) is 0 Å². The molecule has 14 heavy (non-hydrogen) atoms. The summed E-state index contributed by atoms with van der Waals surface area (Å²) in [4.78, 5) is 21.0. The van der Waals surface area contributed by atoms with Gasteiger partial charge in [0.15, 0.2) is 0 Å². The molecule has 0 rings (SSSR count). The molecule has 1 amide bonds. The lowest BCUT2D eigenvalue weighted by Crippen LogP contribution is -2.35. The fourth-order valence-electron chi connectivity index (χ4n) is 0.767. The maximum atomic E-state index is 10.9. The molecule has 82 valence electrons. The molecule has 0 saturated carbocycles. The summed E-state index contributed by atoms with van der Waals surface area (Å²) in [6.45, 7) is 3.11. The third-order valence-electron chi connectivity index (χ3n) is 1.46. The van der Waals surface area contributed by atoms with Crippen molar-refractivity contribution in [3.63, 3.8) is 0 Å². The molecule has 2 N–H and O–H groups in total. The number of hydrogen-bond donors (Lipinski definition) is 2. The minimum Gasteiger partial charge on any atom is -0.468 e. The van der Waals surface area contributed by atoms with E-state index in [1.807, 2.05) is 0 Å². The molecule has 0 bridgehead atoms. The van der Waals surface area contributed by atoms with Crippen molar-refractivity contribution in [2.24, 2.45) is 0 Å². The van der Waals surface area contributed by atoms with E-state index < -0.39 is 0 Å². The second-order valence-corrected chi connectivity index (χ2v) is 3.78. The molecule has 0 spiro atoms. The number of alkyl halides is 1. The van der Waals surface area contributed by atoms with E-state index in [0.717, 1.165) is 0 Å². The van der Waals surface area contributed by atoms with Crippen LogP contribution in [0.2, 0.25) is 0 Å². The molecule has 0 aromatic rings. The lowest BCUT2D eigenvalue weighted by molar-refractivity contribution is -0.139. The second-order valence-electron chi connectivity index (χ2n) is 2.68. The van der Waals surface area contributed by atoms with Gasteiger partial charge >= 0.3 is 5.97 Å². The van der Waals surface area contributed by atoms with Gasteiger partial charge in [0.05, 0.1) is 7.11 Å². The molecule has 0 aliphatic carbocycles. The summed E-state index contributed by atoms with van der Waals surface area (Å²) in [6, 6.07) is 0. The van der Waals surface area contributed by atoms with Crippen LogP contribution in [0.3, 0.4) is 0 Å². The van der Waals surface area contributed by atoms with Crippen molar-refractivity contribution in [2.75, 3.05) is 26.7 Å². The van der Waals surface area contributed by atoms with Gasteiger partial charge in [0, 0.05) is 26.6 Å². The number of carbonyl (C=O) groups excluding carboxylic acids is 2. The largest absolute Gasteiger partial charge is 0.468 e. The second kappa shape index (κ2) is 7.75. The summed E-state index contributed by atoms with van der Waals surface area (Å²) in [6.07, 6.45) is 0. The molecule has 5 nitrogen and oxygen atoms in total. The Morgan fingerprint density at radius 3 is 2.57 bits per heavy atom. The smallest absolute Gasteiger partial charge is 0.320 e. The molecule has 0 saturated heterocycles. The molecule has 0 radical (unpaired) electrons. The van der Waals surface area contributed by atoms with Gasteiger partial charge in [-0.3, -0.25) is 9.59 Å². The molecule has 0 aromatic heterocycles. The highest BCUT2D eigenvalue weighted by Crippen LogP contribution is 1.99. The first-order valence-corrected chi connectivity index (χ1v) is 5.16. The minimum atomic E-state index is -0.343. The van der Waals surface area contributed by atoms with E-state index in [2.05, 4.69) is 31.3 Å². The zero-order valence-corrected chi connectivity index (χ0v) is 9.89. The number of ether oxygens (including phenoxy) is 1. The first-order chi connectivity index (χ1) is 6.57. The lowest BCUT2D eigenvalue weighted by atomic mass is 10.4. The third-order valence-corrected chi connectivity index (χ3v) is 2.15. The molecule has 6 heteroatoms. The Morgan fingerprint density at radius 2 is 2.07 bits per heavy atom. The van der Waals surface area contributed by atoms with E-state index >= 15 is 0 Å². The molecule has 0 aromatic carbocycles. The Balaban J connectivity index is 3.36. The van der Waals surface area contributed by atoms with Gasteiger partial charge in [0.25, 0.3) is 0 Å². The van der Waals surface area contributed by atoms with Crippen LogP contribution in [0.4, 0.5) is 0 Å². The van der Waals surface area contributed by atoms with Crippen LogP contribution in [0.25, 0.3) is 0 Å². The zero-order valence-electron chi connectivity index (χ0n) is 8.30. The fraction of sp³-hybridized carbons (Fsp3) is 0.750. The lowest BCUT2D eigenvalue weighted by Gasteiger charge is -2.08. The van der Waals surface area contributed by atoms with Crippen molar-refractivity contribution in [1.82, 2.24) is 10.6 Å². The van der Waals surface area contributed by atoms with E-state index in [1.165, 1.54) is 14.0 Å². The molecular formula is C8H15BrN2O3. The van der Waals surface area contributed by atoms with E-state index in [9.17, 15) is 9.59 Å². The van der Waals surface area contributed by atoms with Gasteiger partial charge in [-0.2, -0.15) is 0 Å². The number of hydrogen-bond acceptors (Lipinski definition) is 4. The summed E-state index contributed by atoms with van der Waals surface area (Å²) in [5.74, 6) is -0.368. The van der Waals surface area contributed by atoms with Gasteiger partial charge in [-0.1, -0.05) is 15.9 Å². The van der Waals surface area contributed by atoms with Gasteiger partial charge in [-0.05, 0) is 0 Å². The van der Waals surface area contributed by atoms with Crippen LogP contribution in [0.15, 0.2) is 0 Å². The maximum Gasteiger partial charge on any atom is 0.320 e. The van der Waals surface area contributed by atoms with Crippen LogP contribution in [0.5, 0.6) is 0 Å². The van der Waals surface area contributed by atoms with Crippen LogP contribution >= 0.6 is 15.9 Å². The van der Waals surface area contributed by atoms with E-state index in [-0.39, 0.29) is 16.7 Å². The number of esters is 1. The summed E-state index contributed by atoms with van der Waals surface area (Å²) in [7, 11) is 1.34. The molecule has 1 unspecified atom stereocenters. The maximum absolute atomic E-state index is 10.9. The fourth-order valence-corrected chi connectivity index (χ4v) is 1.18. The molecule has 1 atom stereocenters. The number of amides is 1. The Labute approximate surface area is 91.7 Å². The average Bonchev–Trinajstić information content (AvgIpc) is 2.15. The molecule has 0 aliphatic rings. The quantitative estimate of drug-likeness (QED) is 0.392. The Kier molecular flexibility index (Phi) is 7.41. The zero-order chi connectivity index (χ0) is 11.0. The predicted octanol–water partition coefficient (Wildman–Crippen LogP) is -0.351. The summed E-state index contributed by atoms with van der Waals surface area (Å²) >= 11 is 3.16. The Morgan fingerprint density at radius 1 is 1.43 bits per heavy atom. The van der Waals surface area contributed by atoms with Crippen molar-refractivity contribution in [3.8, 4) is 0 Å². The topological polar surface area (TPSA) is 67.4 Å². The minimum absolute atomic E-state index is 0.0600. The molecule has 0 aliphatic heterocycles. The van der Waals surface area contributed by atoms with Crippen LogP contribution in [-0.4, -0.2) is 43.4 Å². The van der Waals surface area contributed by atoms with Crippen LogP contribution in [0, 0.1) is 0 Å². The van der Waals surface area contributed by atoms with Gasteiger partial charge in [0.1, 0.15) is 4.83 Å². The number of rotatable bonds is 6. The number of carbonyl (C=O) groups is 2. The van der Waals surface area contributed by atoms with Crippen molar-refractivity contribution in [2.45, 2.75) is 11.8 Å². The third kappa shape index (κ3) is 6.85. The summed E-state index contributed by atoms with van der Waals surface area (Å²) < 4.78 is 4.51. The monoisotopic (exact) mass is 266 g/mol. The molecule has 0 heterocycles. The number of methoxy groups -OCH3 is 1. The van der Waals surface area contributed by atoms with Gasteiger partial charge in [0.2, 0.25) is 5.91 Å². The highest BCUT2D eigenvalue weighted by Gasteiger charge is 2.13. The van der Waals surface area contributed by atoms with Crippen LogP contribution in [0.1, 0.15) is 6.92 Å². The van der Waals surface area contributed by atoms with E-state index in [0.29, 0.717) is 19.6 Å². The standard InChI is InChI=1S/C8H15BrN2O3/c1-6(12)11-4-3-10-5-7(9)8(13)14-2/h7,10H,3-5H2,1-2H3,(H,11,12). The first kappa shape index (κ1) is 13.4. The summed E-state index contributed by atoms with van der Waals surface area (Å²) in [5.41, 5.74) is 0. The molecular weight excluding hydrogens is 252 g/mol. The first-order valence-electron chi connectivity index (χ1n) is 4.25. The normalized spacial score (nSPS) is 11.9. The van der Waals surface area contributed by atoms with Crippen molar-refractivity contribution >= 4 is 27.8 Å². The highest BCUT2D eigenvalue weighted by molar-refractivity contribution is 9.10. The van der Waals surface area contributed by atoms with Gasteiger partial charge < -0.3 is 15.4 Å². The number of halogens is 1. The van der Waals surface area contributed by atoms with Crippen molar-refractivity contribution in [1.29, 1.82) is 0 Å². The summed E-state index contributed by atoms with van der Waals surface area (Å²) in [5, 5.41) is 5.62.